The van der Waals surface area contributed by atoms with Gasteiger partial charge in [0.2, 0.25) is 0 Å². The summed E-state index contributed by atoms with van der Waals surface area (Å²) < 4.78 is 9.39. The molecule has 21 heavy (non-hydrogen) atoms. The molecule has 6 heteroatoms. The van der Waals surface area contributed by atoms with Gasteiger partial charge in [0.25, 0.3) is 0 Å². The van der Waals surface area contributed by atoms with Crippen molar-refractivity contribution in [3.8, 4) is 0 Å². The van der Waals surface area contributed by atoms with Gasteiger partial charge in [-0.2, -0.15) is 0 Å². The number of ether oxygens (including phenoxy) is 2. The topological polar surface area (TPSA) is 76.1 Å². The summed E-state index contributed by atoms with van der Waals surface area (Å²) in [6.45, 7) is 3.29. The predicted molar refractivity (Wildman–Crippen MR) is 77.6 cm³/mol. The maximum Gasteiger partial charge on any atom is 0.331 e. The molecule has 1 heterocycles. The summed E-state index contributed by atoms with van der Waals surface area (Å²) in [5, 5.41) is 9.32. The number of hydrogen-bond donors (Lipinski definition) is 1. The van der Waals surface area contributed by atoms with E-state index >= 15 is 0 Å². The number of likely N-dealkylation sites (tertiary alicyclic amines) is 1. The molecule has 1 aliphatic heterocycles. The minimum absolute atomic E-state index is 0.0121. The molecule has 1 saturated heterocycles. The number of esters is 2. The fourth-order valence-electron chi connectivity index (χ4n) is 2.23. The van der Waals surface area contributed by atoms with Crippen LogP contribution in [0.5, 0.6) is 0 Å². The number of aliphatic hydroxyl groups is 1. The van der Waals surface area contributed by atoms with E-state index in [-0.39, 0.29) is 19.1 Å². The number of carbonyl (C=O) groups excluding carboxylic acids is 2. The number of carbonyl (C=O) groups is 2. The maximum absolute atomic E-state index is 11.4. The average molecular weight is 299 g/mol. The van der Waals surface area contributed by atoms with Crippen molar-refractivity contribution >= 4 is 11.9 Å². The summed E-state index contributed by atoms with van der Waals surface area (Å²) in [5.74, 6) is -1.27. The fourth-order valence-corrected chi connectivity index (χ4v) is 2.23. The summed E-state index contributed by atoms with van der Waals surface area (Å²) >= 11 is 0. The first-order chi connectivity index (χ1) is 10.2. The van der Waals surface area contributed by atoms with Gasteiger partial charge >= 0.3 is 11.9 Å². The lowest BCUT2D eigenvalue weighted by atomic mass is 10.1. The van der Waals surface area contributed by atoms with E-state index in [1.807, 2.05) is 0 Å². The van der Waals surface area contributed by atoms with Crippen molar-refractivity contribution in [1.29, 1.82) is 0 Å². The third-order valence-electron chi connectivity index (χ3n) is 3.58. The van der Waals surface area contributed by atoms with Crippen LogP contribution in [0.1, 0.15) is 25.7 Å². The highest BCUT2D eigenvalue weighted by atomic mass is 16.5. The molecule has 1 N–H and O–H groups in total. The van der Waals surface area contributed by atoms with Crippen LogP contribution in [0.2, 0.25) is 0 Å². The Kier molecular flexibility index (Phi) is 8.69. The van der Waals surface area contributed by atoms with Crippen LogP contribution in [-0.4, -0.2) is 61.9 Å². The molecule has 1 atom stereocenters. The molecule has 0 aromatic rings. The Morgan fingerprint density at radius 2 is 1.86 bits per heavy atom. The number of rotatable bonds is 8. The molecule has 1 unspecified atom stereocenters. The second-order valence-corrected chi connectivity index (χ2v) is 5.23. The summed E-state index contributed by atoms with van der Waals surface area (Å²) in [4.78, 5) is 24.6. The number of nitrogens with zero attached hydrogens (tertiary/aromatic N) is 1. The van der Waals surface area contributed by atoms with Gasteiger partial charge in [-0.3, -0.25) is 0 Å². The van der Waals surface area contributed by atoms with E-state index in [1.54, 1.807) is 0 Å². The van der Waals surface area contributed by atoms with E-state index in [4.69, 9.17) is 4.74 Å². The molecule has 0 aliphatic carbocycles. The summed E-state index contributed by atoms with van der Waals surface area (Å²) in [5.41, 5.74) is 0. The molecule has 1 aliphatic rings. The van der Waals surface area contributed by atoms with Crippen LogP contribution in [0.3, 0.4) is 0 Å². The monoisotopic (exact) mass is 299 g/mol. The van der Waals surface area contributed by atoms with Gasteiger partial charge in [0.05, 0.1) is 13.7 Å². The second-order valence-electron chi connectivity index (χ2n) is 5.23. The van der Waals surface area contributed by atoms with Crippen molar-refractivity contribution in [3.05, 3.63) is 12.2 Å². The van der Waals surface area contributed by atoms with E-state index in [0.717, 1.165) is 38.2 Å². The molecule has 0 aromatic carbocycles. The highest BCUT2D eigenvalue weighted by Crippen LogP contribution is 2.11. The molecule has 1 fully saturated rings. The van der Waals surface area contributed by atoms with Crippen molar-refractivity contribution in [2.75, 3.05) is 40.0 Å². The molecule has 0 spiro atoms. The lowest BCUT2D eigenvalue weighted by molar-refractivity contribution is -0.140. The third-order valence-corrected chi connectivity index (χ3v) is 3.58. The van der Waals surface area contributed by atoms with Gasteiger partial charge in [0.1, 0.15) is 0 Å². The molecule has 0 amide bonds. The predicted octanol–water partition coefficient (Wildman–Crippen LogP) is 0.743. The van der Waals surface area contributed by atoms with Crippen molar-refractivity contribution in [2.24, 2.45) is 5.92 Å². The maximum atomic E-state index is 11.4. The number of hydrogen-bond acceptors (Lipinski definition) is 6. The van der Waals surface area contributed by atoms with Crippen LogP contribution in [0.25, 0.3) is 0 Å². The summed E-state index contributed by atoms with van der Waals surface area (Å²) in [6, 6.07) is 0. The van der Waals surface area contributed by atoms with E-state index in [9.17, 15) is 14.7 Å². The molecule has 0 aromatic heterocycles. The van der Waals surface area contributed by atoms with E-state index < -0.39 is 11.9 Å². The van der Waals surface area contributed by atoms with Crippen molar-refractivity contribution in [2.45, 2.75) is 25.7 Å². The average Bonchev–Trinajstić information content (AvgIpc) is 2.53. The quantitative estimate of drug-likeness (QED) is 0.526. The molecule has 1 rings (SSSR count). The zero-order valence-electron chi connectivity index (χ0n) is 12.6. The van der Waals surface area contributed by atoms with Gasteiger partial charge in [-0.15, -0.1) is 0 Å². The van der Waals surface area contributed by atoms with E-state index in [2.05, 4.69) is 9.64 Å². The minimum atomic E-state index is -0.601. The fraction of sp³-hybridized carbons (Fsp3) is 0.733. The number of piperidine rings is 1. The van der Waals surface area contributed by atoms with Gasteiger partial charge in [0, 0.05) is 24.7 Å². The van der Waals surface area contributed by atoms with Gasteiger partial charge in [-0.25, -0.2) is 9.59 Å². The van der Waals surface area contributed by atoms with Gasteiger partial charge in [-0.05, 0) is 38.9 Å². The van der Waals surface area contributed by atoms with Crippen LogP contribution >= 0.6 is 0 Å². The first-order valence-corrected chi connectivity index (χ1v) is 7.41. The Labute approximate surface area is 125 Å². The van der Waals surface area contributed by atoms with Gasteiger partial charge in [0.15, 0.2) is 0 Å². The Morgan fingerprint density at radius 1 is 1.19 bits per heavy atom. The van der Waals surface area contributed by atoms with Crippen molar-refractivity contribution in [1.82, 2.24) is 4.90 Å². The zero-order chi connectivity index (χ0) is 15.5. The van der Waals surface area contributed by atoms with Crippen molar-refractivity contribution in [3.63, 3.8) is 0 Å². The first kappa shape index (κ1) is 17.7. The molecule has 120 valence electrons. The molecule has 6 nitrogen and oxygen atoms in total. The second kappa shape index (κ2) is 10.3. The minimum Gasteiger partial charge on any atom is -0.466 e. The van der Waals surface area contributed by atoms with E-state index in [0.29, 0.717) is 0 Å². The molecular weight excluding hydrogens is 274 g/mol. The third kappa shape index (κ3) is 7.82. The highest BCUT2D eigenvalue weighted by molar-refractivity contribution is 5.91. The zero-order valence-corrected chi connectivity index (χ0v) is 12.6. The molecule has 0 radical (unpaired) electrons. The Morgan fingerprint density at radius 3 is 2.48 bits per heavy atom. The standard InChI is InChI=1S/C15H25NO5/c1-20-14(18)5-6-15(19)21-12-13(11-17)7-10-16-8-3-2-4-9-16/h5-6,13,17H,2-4,7-12H2,1H3/b6-5+. The lowest BCUT2D eigenvalue weighted by Gasteiger charge is -2.27. The Bertz CT molecular complexity index is 350. The van der Waals surface area contributed by atoms with Crippen LogP contribution < -0.4 is 0 Å². The molecular formula is C15H25NO5. The van der Waals surface area contributed by atoms with Crippen LogP contribution in [0.15, 0.2) is 12.2 Å². The normalized spacial score (nSPS) is 17.6. The van der Waals surface area contributed by atoms with Gasteiger partial charge in [-0.1, -0.05) is 6.42 Å². The lowest BCUT2D eigenvalue weighted by Crippen LogP contribution is -2.32. The highest BCUT2D eigenvalue weighted by Gasteiger charge is 2.14. The Hall–Kier alpha value is -1.40. The van der Waals surface area contributed by atoms with Crippen LogP contribution in [-0.2, 0) is 19.1 Å². The molecule has 0 bridgehead atoms. The number of methoxy groups -OCH3 is 1. The van der Waals surface area contributed by atoms with Crippen LogP contribution in [0, 0.1) is 5.92 Å². The SMILES string of the molecule is COC(=O)/C=C/C(=O)OCC(CO)CCN1CCCCC1. The van der Waals surface area contributed by atoms with Crippen molar-refractivity contribution < 1.29 is 24.2 Å². The largest absolute Gasteiger partial charge is 0.466 e. The molecule has 0 saturated carbocycles. The first-order valence-electron chi connectivity index (χ1n) is 7.41. The van der Waals surface area contributed by atoms with Crippen LogP contribution in [0.4, 0.5) is 0 Å². The summed E-state index contributed by atoms with van der Waals surface area (Å²) in [7, 11) is 1.24. The summed E-state index contributed by atoms with van der Waals surface area (Å²) in [6.07, 6.45) is 6.61. The van der Waals surface area contributed by atoms with E-state index in [1.165, 1.54) is 26.4 Å². The smallest absolute Gasteiger partial charge is 0.331 e. The Balaban J connectivity index is 2.22. The van der Waals surface area contributed by atoms with Gasteiger partial charge < -0.3 is 19.5 Å². The number of aliphatic hydroxyl groups excluding tert-OH is 1.